The number of hydrogen-bond donors (Lipinski definition) is 2. The molecule has 1 unspecified atom stereocenters. The minimum atomic E-state index is -3.77. The van der Waals surface area contributed by atoms with Crippen molar-refractivity contribution in [2.75, 3.05) is 13.2 Å². The normalized spacial score (nSPS) is 12.2. The maximum absolute atomic E-state index is 12.6. The molecule has 0 spiro atoms. The van der Waals surface area contributed by atoms with Crippen molar-refractivity contribution in [2.24, 2.45) is 0 Å². The summed E-state index contributed by atoms with van der Waals surface area (Å²) < 4.78 is 33.1. The van der Waals surface area contributed by atoms with Gasteiger partial charge in [0.25, 0.3) is 5.91 Å². The van der Waals surface area contributed by atoms with Crippen LogP contribution in [-0.2, 0) is 14.8 Å². The molecule has 6 nitrogen and oxygen atoms in total. The molecule has 0 aliphatic rings. The molecule has 2 N–H and O–H groups in total. The topological polar surface area (TPSA) is 84.5 Å². The number of rotatable bonds is 9. The summed E-state index contributed by atoms with van der Waals surface area (Å²) >= 11 is 6.11. The van der Waals surface area contributed by atoms with Gasteiger partial charge in [-0.05, 0) is 30.7 Å². The molecule has 1 amide bonds. The SMILES string of the molecule is C=CCNC(=O)COc1ccc(S(=O)(=O)NC(C)c2ccccc2)cc1Cl. The van der Waals surface area contributed by atoms with Crippen molar-refractivity contribution in [1.82, 2.24) is 10.0 Å². The number of hydrogen-bond acceptors (Lipinski definition) is 4. The van der Waals surface area contributed by atoms with Gasteiger partial charge in [-0.2, -0.15) is 0 Å². The molecule has 0 saturated heterocycles. The highest BCUT2D eigenvalue weighted by molar-refractivity contribution is 7.89. The van der Waals surface area contributed by atoms with Gasteiger partial charge in [0.05, 0.1) is 9.92 Å². The van der Waals surface area contributed by atoms with E-state index in [2.05, 4.69) is 16.6 Å². The van der Waals surface area contributed by atoms with Gasteiger partial charge in [0.1, 0.15) is 5.75 Å². The van der Waals surface area contributed by atoms with E-state index in [1.54, 1.807) is 13.0 Å². The van der Waals surface area contributed by atoms with Gasteiger partial charge in [0.2, 0.25) is 10.0 Å². The molecular weight excluding hydrogens is 388 g/mol. The Morgan fingerprint density at radius 2 is 1.96 bits per heavy atom. The quantitative estimate of drug-likeness (QED) is 0.624. The zero-order chi connectivity index (χ0) is 19.9. The average molecular weight is 409 g/mol. The van der Waals surface area contributed by atoms with E-state index in [1.807, 2.05) is 30.3 Å². The van der Waals surface area contributed by atoms with Gasteiger partial charge in [-0.25, -0.2) is 13.1 Å². The zero-order valence-corrected chi connectivity index (χ0v) is 16.4. The number of amides is 1. The van der Waals surface area contributed by atoms with Crippen molar-refractivity contribution < 1.29 is 17.9 Å². The monoisotopic (exact) mass is 408 g/mol. The fraction of sp³-hybridized carbons (Fsp3) is 0.211. The Morgan fingerprint density at radius 3 is 2.59 bits per heavy atom. The largest absolute Gasteiger partial charge is 0.482 e. The molecule has 144 valence electrons. The third-order valence-electron chi connectivity index (χ3n) is 3.65. The molecule has 0 fully saturated rings. The predicted molar refractivity (Wildman–Crippen MR) is 105 cm³/mol. The van der Waals surface area contributed by atoms with E-state index < -0.39 is 16.1 Å². The molecule has 2 rings (SSSR count). The summed E-state index contributed by atoms with van der Waals surface area (Å²) in [5, 5.41) is 2.66. The lowest BCUT2D eigenvalue weighted by Crippen LogP contribution is -2.29. The van der Waals surface area contributed by atoms with Crippen LogP contribution in [0.5, 0.6) is 5.75 Å². The number of sulfonamides is 1. The molecule has 1 atom stereocenters. The summed E-state index contributed by atoms with van der Waals surface area (Å²) in [6, 6.07) is 12.9. The lowest BCUT2D eigenvalue weighted by Gasteiger charge is -2.15. The Hall–Kier alpha value is -2.35. The second kappa shape index (κ2) is 9.55. The Morgan fingerprint density at radius 1 is 1.26 bits per heavy atom. The van der Waals surface area contributed by atoms with Gasteiger partial charge in [0, 0.05) is 12.6 Å². The molecule has 0 bridgehead atoms. The molecule has 0 saturated carbocycles. The van der Waals surface area contributed by atoms with Crippen LogP contribution >= 0.6 is 11.6 Å². The minimum absolute atomic E-state index is 0.0127. The first-order valence-electron chi connectivity index (χ1n) is 8.20. The van der Waals surface area contributed by atoms with Crippen LogP contribution in [0.15, 0.2) is 66.1 Å². The summed E-state index contributed by atoms with van der Waals surface area (Å²) in [7, 11) is -3.77. The molecule has 27 heavy (non-hydrogen) atoms. The van der Waals surface area contributed by atoms with E-state index in [9.17, 15) is 13.2 Å². The first-order chi connectivity index (χ1) is 12.8. The predicted octanol–water partition coefficient (Wildman–Crippen LogP) is 3.06. The van der Waals surface area contributed by atoms with Crippen molar-refractivity contribution in [3.8, 4) is 5.75 Å². The Kier molecular flexibility index (Phi) is 7.41. The van der Waals surface area contributed by atoms with Gasteiger partial charge in [-0.15, -0.1) is 6.58 Å². The molecule has 2 aromatic rings. The number of halogens is 1. The fourth-order valence-electron chi connectivity index (χ4n) is 2.26. The van der Waals surface area contributed by atoms with Gasteiger partial charge in [0.15, 0.2) is 6.61 Å². The third-order valence-corrected chi connectivity index (χ3v) is 5.48. The van der Waals surface area contributed by atoms with E-state index in [-0.39, 0.29) is 28.2 Å². The summed E-state index contributed by atoms with van der Waals surface area (Å²) in [5.74, 6) is -0.110. The van der Waals surface area contributed by atoms with Crippen LogP contribution in [0, 0.1) is 0 Å². The molecule has 0 aliphatic carbocycles. The molecule has 2 aromatic carbocycles. The molecular formula is C19H21ClN2O4S. The molecule has 0 aromatic heterocycles. The first-order valence-corrected chi connectivity index (χ1v) is 10.1. The van der Waals surface area contributed by atoms with Crippen LogP contribution in [0.3, 0.4) is 0 Å². The highest BCUT2D eigenvalue weighted by atomic mass is 35.5. The maximum atomic E-state index is 12.6. The van der Waals surface area contributed by atoms with Crippen molar-refractivity contribution >= 4 is 27.5 Å². The molecule has 0 heterocycles. The van der Waals surface area contributed by atoms with E-state index >= 15 is 0 Å². The van der Waals surface area contributed by atoms with Gasteiger partial charge >= 0.3 is 0 Å². The smallest absolute Gasteiger partial charge is 0.258 e. The first kappa shape index (κ1) is 21.0. The van der Waals surface area contributed by atoms with Crippen LogP contribution in [-0.4, -0.2) is 27.5 Å². The maximum Gasteiger partial charge on any atom is 0.258 e. The summed E-state index contributed by atoms with van der Waals surface area (Å²) in [6.45, 7) is 5.35. The molecule has 0 aliphatic heterocycles. The van der Waals surface area contributed by atoms with Gasteiger partial charge in [-0.1, -0.05) is 48.0 Å². The summed E-state index contributed by atoms with van der Waals surface area (Å²) in [5.41, 5.74) is 0.845. The summed E-state index contributed by atoms with van der Waals surface area (Å²) in [4.78, 5) is 11.5. The highest BCUT2D eigenvalue weighted by Crippen LogP contribution is 2.28. The van der Waals surface area contributed by atoms with Crippen LogP contribution < -0.4 is 14.8 Å². The molecule has 8 heteroatoms. The van der Waals surface area contributed by atoms with Gasteiger partial charge < -0.3 is 10.1 Å². The Labute approximate surface area is 164 Å². The van der Waals surface area contributed by atoms with Crippen LogP contribution in [0.4, 0.5) is 0 Å². The average Bonchev–Trinajstić information content (AvgIpc) is 2.65. The number of nitrogens with one attached hydrogen (secondary N) is 2. The standard InChI is InChI=1S/C19H21ClN2O4S/c1-3-11-21-19(23)13-26-18-10-9-16(12-17(18)20)27(24,25)22-14(2)15-7-5-4-6-8-15/h3-10,12,14,22H,1,11,13H2,2H3,(H,21,23). The van der Waals surface area contributed by atoms with Crippen molar-refractivity contribution in [3.63, 3.8) is 0 Å². The van der Waals surface area contributed by atoms with Crippen molar-refractivity contribution in [3.05, 3.63) is 71.8 Å². The van der Waals surface area contributed by atoms with Crippen LogP contribution in [0.25, 0.3) is 0 Å². The van der Waals surface area contributed by atoms with E-state index in [0.29, 0.717) is 6.54 Å². The lowest BCUT2D eigenvalue weighted by atomic mass is 10.1. The van der Waals surface area contributed by atoms with E-state index in [1.165, 1.54) is 18.2 Å². The summed E-state index contributed by atoms with van der Waals surface area (Å²) in [6.07, 6.45) is 1.55. The van der Waals surface area contributed by atoms with Crippen LogP contribution in [0.1, 0.15) is 18.5 Å². The van der Waals surface area contributed by atoms with Gasteiger partial charge in [-0.3, -0.25) is 4.79 Å². The Balaban J connectivity index is 2.06. The third kappa shape index (κ3) is 6.09. The number of carbonyl (C=O) groups excluding carboxylic acids is 1. The Bertz CT molecular complexity index is 901. The number of ether oxygens (including phenoxy) is 1. The number of benzene rings is 2. The van der Waals surface area contributed by atoms with E-state index in [4.69, 9.17) is 16.3 Å². The van der Waals surface area contributed by atoms with E-state index in [0.717, 1.165) is 5.56 Å². The van der Waals surface area contributed by atoms with Crippen LogP contribution in [0.2, 0.25) is 5.02 Å². The zero-order valence-electron chi connectivity index (χ0n) is 14.8. The second-order valence-electron chi connectivity index (χ2n) is 5.73. The van der Waals surface area contributed by atoms with Crippen molar-refractivity contribution in [2.45, 2.75) is 17.9 Å². The second-order valence-corrected chi connectivity index (χ2v) is 7.85. The highest BCUT2D eigenvalue weighted by Gasteiger charge is 2.20. The van der Waals surface area contributed by atoms with Crippen molar-refractivity contribution in [1.29, 1.82) is 0 Å². The minimum Gasteiger partial charge on any atom is -0.482 e. The molecule has 0 radical (unpaired) electrons. The number of carbonyl (C=O) groups is 1. The lowest BCUT2D eigenvalue weighted by molar-refractivity contribution is -0.122. The fourth-order valence-corrected chi connectivity index (χ4v) is 3.81.